The monoisotopic (exact) mass is 347 g/mol. The van der Waals surface area contributed by atoms with Gasteiger partial charge in [0.15, 0.2) is 5.82 Å². The average Bonchev–Trinajstić information content (AvgIpc) is 2.92. The van der Waals surface area contributed by atoms with Crippen molar-refractivity contribution in [1.82, 2.24) is 5.16 Å². The minimum atomic E-state index is -0.383. The minimum absolute atomic E-state index is 0.135. The molecule has 2 amide bonds. The van der Waals surface area contributed by atoms with Crippen molar-refractivity contribution in [3.63, 3.8) is 0 Å². The van der Waals surface area contributed by atoms with Crippen molar-refractivity contribution in [2.24, 2.45) is 0 Å². The molecular weight excluding hydrogens is 326 g/mol. The van der Waals surface area contributed by atoms with Crippen molar-refractivity contribution in [2.45, 2.75) is 32.9 Å². The molecule has 1 aromatic carbocycles. The van der Waals surface area contributed by atoms with Gasteiger partial charge >= 0.3 is 0 Å². The van der Waals surface area contributed by atoms with Crippen molar-refractivity contribution in [1.29, 1.82) is 0 Å². The molecule has 128 valence electrons. The van der Waals surface area contributed by atoms with Gasteiger partial charge in [-0.1, -0.05) is 22.9 Å². The zero-order chi connectivity index (χ0) is 17.7. The number of hydrogen-bond donors (Lipinski definition) is 2. The van der Waals surface area contributed by atoms with Gasteiger partial charge in [-0.25, -0.2) is 0 Å². The van der Waals surface area contributed by atoms with Crippen molar-refractivity contribution in [3.8, 4) is 0 Å². The Bertz CT molecular complexity index is 742. The summed E-state index contributed by atoms with van der Waals surface area (Å²) in [6, 6.07) is 7.49. The number of thioether (sulfide) groups is 1. The lowest BCUT2D eigenvalue weighted by atomic mass is 10.1. The topological polar surface area (TPSA) is 84.2 Å². The van der Waals surface area contributed by atoms with Gasteiger partial charge in [0.2, 0.25) is 11.8 Å². The first-order valence-corrected chi connectivity index (χ1v) is 8.63. The number of carbonyl (C=O) groups is 2. The van der Waals surface area contributed by atoms with Crippen LogP contribution >= 0.6 is 11.8 Å². The van der Waals surface area contributed by atoms with E-state index >= 15 is 0 Å². The number of nitrogens with zero attached hydrogens (tertiary/aromatic N) is 1. The molecule has 0 saturated heterocycles. The zero-order valence-electron chi connectivity index (χ0n) is 14.2. The summed E-state index contributed by atoms with van der Waals surface area (Å²) in [5.74, 6) is 0.847. The van der Waals surface area contributed by atoms with Gasteiger partial charge < -0.3 is 15.2 Å². The molecule has 0 fully saturated rings. The number of aromatic nitrogens is 1. The van der Waals surface area contributed by atoms with Gasteiger partial charge in [-0.05, 0) is 39.3 Å². The predicted molar refractivity (Wildman–Crippen MR) is 96.3 cm³/mol. The van der Waals surface area contributed by atoms with Crippen LogP contribution in [0.2, 0.25) is 0 Å². The van der Waals surface area contributed by atoms with Crippen LogP contribution in [0.15, 0.2) is 28.8 Å². The van der Waals surface area contributed by atoms with E-state index in [4.69, 9.17) is 4.52 Å². The van der Waals surface area contributed by atoms with Gasteiger partial charge in [0.05, 0.1) is 11.0 Å². The molecule has 0 bridgehead atoms. The maximum atomic E-state index is 12.0. The second kappa shape index (κ2) is 8.01. The molecule has 0 radical (unpaired) electrons. The fourth-order valence-corrected chi connectivity index (χ4v) is 2.75. The van der Waals surface area contributed by atoms with E-state index in [9.17, 15) is 9.59 Å². The Balaban J connectivity index is 1.81. The first kappa shape index (κ1) is 18.1. The molecule has 24 heavy (non-hydrogen) atoms. The van der Waals surface area contributed by atoms with Gasteiger partial charge in [-0.3, -0.25) is 9.59 Å². The van der Waals surface area contributed by atoms with E-state index in [1.807, 2.05) is 32.0 Å². The third-order valence-electron chi connectivity index (χ3n) is 3.37. The van der Waals surface area contributed by atoms with Crippen LogP contribution in [0, 0.1) is 20.8 Å². The minimum Gasteiger partial charge on any atom is -0.360 e. The standard InChI is InChI=1S/C17H21N3O3S/c1-10-5-6-14(11(2)7-10)18-16(21)9-24-13(4)17(22)19-15-8-12(3)23-20-15/h5-8,13H,9H2,1-4H3,(H,18,21)(H,19,20,22)/t13-/m1/s1. The van der Waals surface area contributed by atoms with Crippen LogP contribution in [-0.4, -0.2) is 28.0 Å². The lowest BCUT2D eigenvalue weighted by Crippen LogP contribution is -2.25. The number of aryl methyl sites for hydroxylation is 3. The molecule has 0 saturated carbocycles. The van der Waals surface area contributed by atoms with Crippen molar-refractivity contribution in [2.75, 3.05) is 16.4 Å². The number of nitrogens with one attached hydrogen (secondary N) is 2. The Labute approximate surface area is 145 Å². The highest BCUT2D eigenvalue weighted by molar-refractivity contribution is 8.01. The van der Waals surface area contributed by atoms with Crippen LogP contribution in [0.4, 0.5) is 11.5 Å². The van der Waals surface area contributed by atoms with Crippen molar-refractivity contribution in [3.05, 3.63) is 41.2 Å². The molecule has 1 atom stereocenters. The van der Waals surface area contributed by atoms with Crippen LogP contribution in [-0.2, 0) is 9.59 Å². The summed E-state index contributed by atoms with van der Waals surface area (Å²) in [5, 5.41) is 8.85. The van der Waals surface area contributed by atoms with E-state index in [2.05, 4.69) is 15.8 Å². The van der Waals surface area contributed by atoms with Crippen molar-refractivity contribution >= 4 is 35.1 Å². The number of carbonyl (C=O) groups excluding carboxylic acids is 2. The molecule has 2 aromatic rings. The highest BCUT2D eigenvalue weighted by Crippen LogP contribution is 2.18. The van der Waals surface area contributed by atoms with Crippen LogP contribution in [0.1, 0.15) is 23.8 Å². The Morgan fingerprint density at radius 3 is 2.58 bits per heavy atom. The van der Waals surface area contributed by atoms with E-state index in [-0.39, 0.29) is 22.8 Å². The molecule has 0 aliphatic heterocycles. The highest BCUT2D eigenvalue weighted by atomic mass is 32.2. The molecule has 1 heterocycles. The van der Waals surface area contributed by atoms with Crippen LogP contribution in [0.3, 0.4) is 0 Å². The molecule has 0 spiro atoms. The summed E-state index contributed by atoms with van der Waals surface area (Å²) in [4.78, 5) is 24.1. The molecular formula is C17H21N3O3S. The number of rotatable bonds is 6. The van der Waals surface area contributed by atoms with E-state index in [1.54, 1.807) is 19.9 Å². The van der Waals surface area contributed by atoms with Gasteiger partial charge in [0.1, 0.15) is 5.76 Å². The molecule has 0 aliphatic rings. The lowest BCUT2D eigenvalue weighted by molar-refractivity contribution is -0.115. The summed E-state index contributed by atoms with van der Waals surface area (Å²) in [5.41, 5.74) is 2.95. The largest absolute Gasteiger partial charge is 0.360 e. The smallest absolute Gasteiger partial charge is 0.238 e. The Kier molecular flexibility index (Phi) is 6.03. The molecule has 2 rings (SSSR count). The highest BCUT2D eigenvalue weighted by Gasteiger charge is 2.17. The molecule has 2 N–H and O–H groups in total. The Morgan fingerprint density at radius 1 is 1.21 bits per heavy atom. The summed E-state index contributed by atoms with van der Waals surface area (Å²) >= 11 is 1.26. The lowest BCUT2D eigenvalue weighted by Gasteiger charge is -2.12. The van der Waals surface area contributed by atoms with Gasteiger partial charge in [-0.2, -0.15) is 0 Å². The summed E-state index contributed by atoms with van der Waals surface area (Å²) in [6.07, 6.45) is 0. The number of benzene rings is 1. The van der Waals surface area contributed by atoms with Crippen LogP contribution in [0.25, 0.3) is 0 Å². The van der Waals surface area contributed by atoms with Gasteiger partial charge in [0, 0.05) is 11.8 Å². The molecule has 0 aliphatic carbocycles. The van der Waals surface area contributed by atoms with Crippen molar-refractivity contribution < 1.29 is 14.1 Å². The van der Waals surface area contributed by atoms with E-state index in [1.165, 1.54) is 11.8 Å². The Hall–Kier alpha value is -2.28. The average molecular weight is 347 g/mol. The normalized spacial score (nSPS) is 11.8. The number of amides is 2. The second-order valence-electron chi connectivity index (χ2n) is 5.63. The third kappa shape index (κ3) is 5.13. The first-order chi connectivity index (χ1) is 11.3. The van der Waals surface area contributed by atoms with E-state index < -0.39 is 0 Å². The quantitative estimate of drug-likeness (QED) is 0.837. The molecule has 1 aromatic heterocycles. The van der Waals surface area contributed by atoms with Crippen LogP contribution in [0.5, 0.6) is 0 Å². The number of anilines is 2. The fraction of sp³-hybridized carbons (Fsp3) is 0.353. The summed E-state index contributed by atoms with van der Waals surface area (Å²) in [6.45, 7) is 7.45. The SMILES string of the molecule is Cc1ccc(NC(=O)CS[C@H](C)C(=O)Nc2cc(C)on2)c(C)c1. The maximum Gasteiger partial charge on any atom is 0.238 e. The maximum absolute atomic E-state index is 12.0. The summed E-state index contributed by atoms with van der Waals surface area (Å²) in [7, 11) is 0. The zero-order valence-corrected chi connectivity index (χ0v) is 15.0. The third-order valence-corrected chi connectivity index (χ3v) is 4.51. The van der Waals surface area contributed by atoms with Gasteiger partial charge in [-0.15, -0.1) is 11.8 Å². The second-order valence-corrected chi connectivity index (χ2v) is 6.96. The molecule has 0 unspecified atom stereocenters. The summed E-state index contributed by atoms with van der Waals surface area (Å²) < 4.78 is 4.89. The predicted octanol–water partition coefficient (Wildman–Crippen LogP) is 3.30. The van der Waals surface area contributed by atoms with Gasteiger partial charge in [0.25, 0.3) is 0 Å². The first-order valence-electron chi connectivity index (χ1n) is 7.58. The van der Waals surface area contributed by atoms with E-state index in [0.717, 1.165) is 16.8 Å². The van der Waals surface area contributed by atoms with E-state index in [0.29, 0.717) is 11.6 Å². The molecule has 7 heteroatoms. The van der Waals surface area contributed by atoms with Crippen LogP contribution < -0.4 is 10.6 Å². The Morgan fingerprint density at radius 2 is 1.96 bits per heavy atom. The fourth-order valence-electron chi connectivity index (χ4n) is 2.07. The molecule has 6 nitrogen and oxygen atoms in total. The number of hydrogen-bond acceptors (Lipinski definition) is 5.